The number of benzene rings is 2. The molecule has 0 amide bonds. The van der Waals surface area contributed by atoms with Crippen LogP contribution in [-0.4, -0.2) is 10.2 Å². The fourth-order valence-corrected chi connectivity index (χ4v) is 1.82. The minimum Gasteiger partial charge on any atom is -0.508 e. The number of hydrazine groups is 1. The van der Waals surface area contributed by atoms with Crippen LogP contribution in [0.2, 0.25) is 0 Å². The number of nitrogens with zero attached hydrogens (tertiary/aromatic N) is 1. The molecule has 2 aromatic rings. The smallest absolute Gasteiger partial charge is 0.156 e. The lowest BCUT2D eigenvalue weighted by atomic mass is 10.2. The number of phenols is 2. The van der Waals surface area contributed by atoms with Crippen molar-refractivity contribution in [3.05, 3.63) is 36.4 Å². The van der Waals surface area contributed by atoms with E-state index in [0.717, 1.165) is 0 Å². The third kappa shape index (κ3) is 1.44. The first-order valence-corrected chi connectivity index (χ1v) is 5.04. The second-order valence-electron chi connectivity index (χ2n) is 3.78. The van der Waals surface area contributed by atoms with Crippen molar-refractivity contribution >= 4 is 11.4 Å². The first-order valence-electron chi connectivity index (χ1n) is 5.04. The van der Waals surface area contributed by atoms with Gasteiger partial charge in [-0.1, -0.05) is 0 Å². The molecule has 0 aliphatic carbocycles. The maximum Gasteiger partial charge on any atom is 0.156 e. The highest BCUT2D eigenvalue weighted by Crippen LogP contribution is 2.46. The van der Waals surface area contributed by atoms with E-state index in [0.29, 0.717) is 22.9 Å². The summed E-state index contributed by atoms with van der Waals surface area (Å²) in [7, 11) is 0. The Balaban J connectivity index is 2.17. The maximum absolute atomic E-state index is 9.39. The SMILES string of the molecule is NN1c2ccc(O)cc2Oc2cc(O)ccc21. The molecule has 0 saturated heterocycles. The van der Waals surface area contributed by atoms with Gasteiger partial charge in [0.1, 0.15) is 22.9 Å². The van der Waals surface area contributed by atoms with Gasteiger partial charge in [-0.2, -0.15) is 0 Å². The van der Waals surface area contributed by atoms with Crippen LogP contribution in [0.3, 0.4) is 0 Å². The highest BCUT2D eigenvalue weighted by atomic mass is 16.5. The summed E-state index contributed by atoms with van der Waals surface area (Å²) >= 11 is 0. The van der Waals surface area contributed by atoms with Crippen LogP contribution < -0.4 is 15.6 Å². The van der Waals surface area contributed by atoms with Crippen LogP contribution in [0, 0.1) is 0 Å². The summed E-state index contributed by atoms with van der Waals surface area (Å²) in [5.41, 5.74) is 1.31. The molecule has 3 rings (SSSR count). The number of anilines is 2. The molecule has 2 aromatic carbocycles. The monoisotopic (exact) mass is 230 g/mol. The molecule has 0 aromatic heterocycles. The number of nitrogens with two attached hydrogens (primary N) is 1. The topological polar surface area (TPSA) is 79.0 Å². The average molecular weight is 230 g/mol. The van der Waals surface area contributed by atoms with Crippen molar-refractivity contribution < 1.29 is 14.9 Å². The summed E-state index contributed by atoms with van der Waals surface area (Å²) in [4.78, 5) is 0. The van der Waals surface area contributed by atoms with Crippen molar-refractivity contribution in [1.29, 1.82) is 0 Å². The van der Waals surface area contributed by atoms with Crippen molar-refractivity contribution in [3.63, 3.8) is 0 Å². The minimum atomic E-state index is 0.0979. The Hall–Kier alpha value is -2.40. The van der Waals surface area contributed by atoms with E-state index in [-0.39, 0.29) is 11.5 Å². The Morgan fingerprint density at radius 1 is 0.882 bits per heavy atom. The van der Waals surface area contributed by atoms with Gasteiger partial charge in [0, 0.05) is 12.1 Å². The Kier molecular flexibility index (Phi) is 1.90. The van der Waals surface area contributed by atoms with Crippen LogP contribution in [0.5, 0.6) is 23.0 Å². The molecule has 1 aliphatic rings. The molecule has 0 atom stereocenters. The second-order valence-corrected chi connectivity index (χ2v) is 3.78. The van der Waals surface area contributed by atoms with Crippen LogP contribution >= 0.6 is 0 Å². The molecule has 0 fully saturated rings. The van der Waals surface area contributed by atoms with Crippen molar-refractivity contribution in [3.8, 4) is 23.0 Å². The number of hydrogen-bond acceptors (Lipinski definition) is 5. The Labute approximate surface area is 97.3 Å². The lowest BCUT2D eigenvalue weighted by molar-refractivity contribution is 0.441. The zero-order valence-corrected chi connectivity index (χ0v) is 8.79. The summed E-state index contributed by atoms with van der Waals surface area (Å²) in [5, 5.41) is 20.2. The van der Waals surface area contributed by atoms with E-state index in [2.05, 4.69) is 0 Å². The molecule has 5 nitrogen and oxygen atoms in total. The normalized spacial score (nSPS) is 12.6. The van der Waals surface area contributed by atoms with E-state index in [9.17, 15) is 10.2 Å². The first kappa shape index (κ1) is 9.80. The van der Waals surface area contributed by atoms with Crippen LogP contribution in [0.25, 0.3) is 0 Å². The molecule has 0 unspecified atom stereocenters. The first-order chi connectivity index (χ1) is 8.15. The van der Waals surface area contributed by atoms with E-state index in [1.54, 1.807) is 12.1 Å². The van der Waals surface area contributed by atoms with Crippen molar-refractivity contribution in [2.45, 2.75) is 0 Å². The Bertz CT molecular complexity index is 547. The molecular formula is C12H10N2O3. The van der Waals surface area contributed by atoms with Gasteiger partial charge in [0.05, 0.1) is 0 Å². The molecule has 0 bridgehead atoms. The van der Waals surface area contributed by atoms with Gasteiger partial charge in [0.15, 0.2) is 11.5 Å². The van der Waals surface area contributed by atoms with Crippen molar-refractivity contribution in [2.24, 2.45) is 5.84 Å². The lowest BCUT2D eigenvalue weighted by Gasteiger charge is -2.28. The van der Waals surface area contributed by atoms with E-state index in [1.807, 2.05) is 0 Å². The third-order valence-corrected chi connectivity index (χ3v) is 2.63. The molecule has 0 saturated carbocycles. The lowest BCUT2D eigenvalue weighted by Crippen LogP contribution is -2.27. The van der Waals surface area contributed by atoms with Gasteiger partial charge in [-0.25, -0.2) is 5.84 Å². The zero-order valence-electron chi connectivity index (χ0n) is 8.79. The molecule has 5 heteroatoms. The number of aromatic hydroxyl groups is 2. The largest absolute Gasteiger partial charge is 0.508 e. The number of hydrogen-bond donors (Lipinski definition) is 3. The molecular weight excluding hydrogens is 220 g/mol. The second kappa shape index (κ2) is 3.29. The van der Waals surface area contributed by atoms with Crippen molar-refractivity contribution in [1.82, 2.24) is 0 Å². The molecule has 0 spiro atoms. The van der Waals surface area contributed by atoms with Gasteiger partial charge >= 0.3 is 0 Å². The maximum atomic E-state index is 9.39. The quantitative estimate of drug-likeness (QED) is 0.605. The fraction of sp³-hybridized carbons (Fsp3) is 0. The van der Waals surface area contributed by atoms with Gasteiger partial charge < -0.3 is 14.9 Å². The van der Waals surface area contributed by atoms with Crippen LogP contribution in [0.4, 0.5) is 11.4 Å². The third-order valence-electron chi connectivity index (χ3n) is 2.63. The van der Waals surface area contributed by atoms with Gasteiger partial charge in [0.2, 0.25) is 0 Å². The number of fused-ring (bicyclic) bond motifs is 2. The fourth-order valence-electron chi connectivity index (χ4n) is 1.82. The molecule has 0 radical (unpaired) electrons. The Morgan fingerprint density at radius 2 is 1.35 bits per heavy atom. The van der Waals surface area contributed by atoms with Crippen LogP contribution in [0.1, 0.15) is 0 Å². The van der Waals surface area contributed by atoms with E-state index in [1.165, 1.54) is 29.3 Å². The molecule has 1 aliphatic heterocycles. The predicted octanol–water partition coefficient (Wildman–Crippen LogP) is 2.22. The predicted molar refractivity (Wildman–Crippen MR) is 62.6 cm³/mol. The molecule has 1 heterocycles. The van der Waals surface area contributed by atoms with Gasteiger partial charge in [-0.15, -0.1) is 0 Å². The summed E-state index contributed by atoms with van der Waals surface area (Å²) < 4.78 is 5.57. The van der Waals surface area contributed by atoms with E-state index < -0.39 is 0 Å². The van der Waals surface area contributed by atoms with E-state index >= 15 is 0 Å². The zero-order chi connectivity index (χ0) is 12.0. The van der Waals surface area contributed by atoms with Gasteiger partial charge in [-0.05, 0) is 24.3 Å². The van der Waals surface area contributed by atoms with Crippen LogP contribution in [0.15, 0.2) is 36.4 Å². The summed E-state index contributed by atoms with van der Waals surface area (Å²) in [6.07, 6.45) is 0. The van der Waals surface area contributed by atoms with Gasteiger partial charge in [0.25, 0.3) is 0 Å². The van der Waals surface area contributed by atoms with E-state index in [4.69, 9.17) is 10.6 Å². The molecule has 17 heavy (non-hydrogen) atoms. The van der Waals surface area contributed by atoms with Crippen LogP contribution in [-0.2, 0) is 0 Å². The summed E-state index contributed by atoms with van der Waals surface area (Å²) in [5.74, 6) is 7.04. The highest BCUT2D eigenvalue weighted by molar-refractivity contribution is 5.77. The molecule has 4 N–H and O–H groups in total. The van der Waals surface area contributed by atoms with Gasteiger partial charge in [-0.3, -0.25) is 5.01 Å². The summed E-state index contributed by atoms with van der Waals surface area (Å²) in [6, 6.07) is 9.35. The van der Waals surface area contributed by atoms with Crippen molar-refractivity contribution in [2.75, 3.05) is 5.01 Å². The summed E-state index contributed by atoms with van der Waals surface area (Å²) in [6.45, 7) is 0. The number of phenolic OH excluding ortho intramolecular Hbond substituents is 2. The Morgan fingerprint density at radius 3 is 1.82 bits per heavy atom. The highest BCUT2D eigenvalue weighted by Gasteiger charge is 2.22. The number of ether oxygens (including phenoxy) is 1. The number of rotatable bonds is 0. The standard InChI is InChI=1S/C12H10N2O3/c13-14-9-3-1-7(15)5-11(9)17-12-6-8(16)2-4-10(12)14/h1-6,15-16H,13H2. The minimum absolute atomic E-state index is 0.0979. The molecule has 86 valence electrons. The average Bonchev–Trinajstić information content (AvgIpc) is 2.28.